The number of aryl methyl sites for hydroxylation is 2. The van der Waals surface area contributed by atoms with Crippen molar-refractivity contribution in [3.63, 3.8) is 0 Å². The van der Waals surface area contributed by atoms with Gasteiger partial charge in [0.05, 0.1) is 6.04 Å². The van der Waals surface area contributed by atoms with E-state index in [1.807, 2.05) is 39.5 Å². The second-order valence-electron chi connectivity index (χ2n) is 9.34. The number of hydrogen-bond acceptors (Lipinski definition) is 7. The first-order chi connectivity index (χ1) is 15.0. The van der Waals surface area contributed by atoms with E-state index >= 15 is 0 Å². The van der Waals surface area contributed by atoms with Crippen LogP contribution in [-0.2, 0) is 22.5 Å². The summed E-state index contributed by atoms with van der Waals surface area (Å²) in [4.78, 5) is 38.2. The van der Waals surface area contributed by atoms with E-state index in [0.717, 1.165) is 42.3 Å². The Morgan fingerprint density at radius 3 is 2.53 bits per heavy atom. The first-order valence-corrected chi connectivity index (χ1v) is 11.7. The molecule has 3 heterocycles. The van der Waals surface area contributed by atoms with E-state index in [0.29, 0.717) is 11.7 Å². The lowest BCUT2D eigenvalue weighted by molar-refractivity contribution is -0.114. The third-order valence-corrected chi connectivity index (χ3v) is 5.92. The normalized spacial score (nSPS) is 17.3. The molecule has 1 atom stereocenters. The zero-order chi connectivity index (χ0) is 23.5. The number of nitrogens with zero attached hydrogens (tertiary/aromatic N) is 4. The fourth-order valence-electron chi connectivity index (χ4n) is 3.92. The molecule has 8 nitrogen and oxygen atoms in total. The minimum absolute atomic E-state index is 0.0115. The molecule has 174 valence electrons. The van der Waals surface area contributed by atoms with Crippen molar-refractivity contribution in [2.45, 2.75) is 66.2 Å². The molecule has 1 aliphatic heterocycles. The van der Waals surface area contributed by atoms with Crippen molar-refractivity contribution in [2.75, 3.05) is 25.0 Å². The smallest absolute Gasteiger partial charge is 0.410 e. The molecule has 2 amide bonds. The van der Waals surface area contributed by atoms with E-state index in [2.05, 4.69) is 32.3 Å². The predicted molar refractivity (Wildman–Crippen MR) is 126 cm³/mol. The molecule has 1 saturated heterocycles. The van der Waals surface area contributed by atoms with Crippen molar-refractivity contribution in [2.24, 2.45) is 0 Å². The molecule has 2 aromatic heterocycles. The van der Waals surface area contributed by atoms with Crippen LogP contribution in [0.3, 0.4) is 0 Å². The maximum absolute atomic E-state index is 12.9. The maximum Gasteiger partial charge on any atom is 0.410 e. The second-order valence-corrected chi connectivity index (χ2v) is 10.5. The summed E-state index contributed by atoms with van der Waals surface area (Å²) in [5.74, 6) is -0.125. The molecule has 1 aliphatic rings. The molecule has 0 spiro atoms. The lowest BCUT2D eigenvalue weighted by Gasteiger charge is -2.41. The van der Waals surface area contributed by atoms with Crippen molar-refractivity contribution in [1.29, 1.82) is 0 Å². The number of hydrogen-bond donors (Lipinski definition) is 1. The molecule has 1 N–H and O–H groups in total. The lowest BCUT2D eigenvalue weighted by Crippen LogP contribution is -2.56. The third kappa shape index (κ3) is 7.00. The Morgan fingerprint density at radius 2 is 1.91 bits per heavy atom. The predicted octanol–water partition coefficient (Wildman–Crippen LogP) is 3.78. The van der Waals surface area contributed by atoms with Crippen molar-refractivity contribution >= 4 is 28.5 Å². The summed E-state index contributed by atoms with van der Waals surface area (Å²) in [6.45, 7) is 13.9. The van der Waals surface area contributed by atoms with Gasteiger partial charge < -0.3 is 15.0 Å². The number of carbonyl (C=O) groups excluding carboxylic acids is 2. The number of rotatable bonds is 5. The molecular weight excluding hydrogens is 426 g/mol. The van der Waals surface area contributed by atoms with Gasteiger partial charge in [-0.25, -0.2) is 9.78 Å². The van der Waals surface area contributed by atoms with Gasteiger partial charge in [0.1, 0.15) is 5.60 Å². The van der Waals surface area contributed by atoms with E-state index < -0.39 is 5.60 Å². The average Bonchev–Trinajstić information content (AvgIpc) is 3.05. The fourth-order valence-corrected chi connectivity index (χ4v) is 4.82. The quantitative estimate of drug-likeness (QED) is 0.732. The Kier molecular flexibility index (Phi) is 7.51. The average molecular weight is 460 g/mol. The summed E-state index contributed by atoms with van der Waals surface area (Å²) in [5.41, 5.74) is 2.59. The lowest BCUT2D eigenvalue weighted by atomic mass is 10.0. The van der Waals surface area contributed by atoms with Crippen LogP contribution >= 0.6 is 11.3 Å². The SMILES string of the molecule is CC(=O)Nc1ncc(CN2CCN(C(=O)OC(C)(C)C)C(Cc3cc(C)nc(C)c3)C2)s1. The molecule has 0 aromatic carbocycles. The Balaban J connectivity index is 1.75. The number of pyridine rings is 1. The Labute approximate surface area is 194 Å². The molecule has 0 radical (unpaired) electrons. The van der Waals surface area contributed by atoms with Crippen molar-refractivity contribution in [1.82, 2.24) is 19.8 Å². The van der Waals surface area contributed by atoms with Crippen LogP contribution in [-0.4, -0.2) is 63.0 Å². The van der Waals surface area contributed by atoms with Gasteiger partial charge in [-0.2, -0.15) is 0 Å². The first-order valence-electron chi connectivity index (χ1n) is 10.9. The molecule has 9 heteroatoms. The van der Waals surface area contributed by atoms with Crippen LogP contribution in [0.4, 0.5) is 9.93 Å². The van der Waals surface area contributed by atoms with Crippen LogP contribution in [0.5, 0.6) is 0 Å². The molecule has 0 aliphatic carbocycles. The summed E-state index contributed by atoms with van der Waals surface area (Å²) in [6.07, 6.45) is 2.27. The van der Waals surface area contributed by atoms with Gasteiger partial charge in [0.25, 0.3) is 0 Å². The molecule has 0 saturated carbocycles. The summed E-state index contributed by atoms with van der Waals surface area (Å²) >= 11 is 1.48. The highest BCUT2D eigenvalue weighted by Crippen LogP contribution is 2.24. The number of anilines is 1. The van der Waals surface area contributed by atoms with Gasteiger partial charge in [0.2, 0.25) is 5.91 Å². The number of thiazole rings is 1. The van der Waals surface area contributed by atoms with Crippen molar-refractivity contribution in [3.05, 3.63) is 40.2 Å². The summed E-state index contributed by atoms with van der Waals surface area (Å²) in [5, 5.41) is 3.34. The summed E-state index contributed by atoms with van der Waals surface area (Å²) < 4.78 is 5.69. The van der Waals surface area contributed by atoms with Gasteiger partial charge in [-0.15, -0.1) is 11.3 Å². The van der Waals surface area contributed by atoms with Gasteiger partial charge in [0.15, 0.2) is 5.13 Å². The van der Waals surface area contributed by atoms with Crippen LogP contribution in [0.2, 0.25) is 0 Å². The highest BCUT2D eigenvalue weighted by atomic mass is 32.1. The topological polar surface area (TPSA) is 87.7 Å². The molecule has 2 aromatic rings. The van der Waals surface area contributed by atoms with Gasteiger partial charge in [-0.05, 0) is 58.7 Å². The standard InChI is InChI=1S/C23H33N5O3S/c1-15-9-18(10-16(2)25-15)11-19-13-27(7-8-28(19)22(30)31-23(4,5)6)14-20-12-24-21(32-20)26-17(3)29/h9-10,12,19H,7-8,11,13-14H2,1-6H3,(H,24,26,29). The third-order valence-electron chi connectivity index (χ3n) is 5.02. The Bertz CT molecular complexity index is 949. The first kappa shape index (κ1) is 24.1. The van der Waals surface area contributed by atoms with Crippen molar-refractivity contribution < 1.29 is 14.3 Å². The monoisotopic (exact) mass is 459 g/mol. The number of piperazine rings is 1. The van der Waals surface area contributed by atoms with Crippen molar-refractivity contribution in [3.8, 4) is 0 Å². The van der Waals surface area contributed by atoms with E-state index in [1.165, 1.54) is 23.8 Å². The molecule has 1 fully saturated rings. The number of amides is 2. The number of aromatic nitrogens is 2. The minimum atomic E-state index is -0.536. The van der Waals surface area contributed by atoms with Crippen LogP contribution in [0, 0.1) is 13.8 Å². The van der Waals surface area contributed by atoms with Gasteiger partial charge in [-0.3, -0.25) is 14.7 Å². The molecule has 3 rings (SSSR count). The van der Waals surface area contributed by atoms with E-state index in [9.17, 15) is 9.59 Å². The number of ether oxygens (including phenoxy) is 1. The van der Waals surface area contributed by atoms with Crippen LogP contribution in [0.15, 0.2) is 18.3 Å². The minimum Gasteiger partial charge on any atom is -0.444 e. The molecule has 0 bridgehead atoms. The van der Waals surface area contributed by atoms with Gasteiger partial charge in [-0.1, -0.05) is 0 Å². The zero-order valence-electron chi connectivity index (χ0n) is 19.8. The zero-order valence-corrected chi connectivity index (χ0v) is 20.6. The second kappa shape index (κ2) is 9.95. The van der Waals surface area contributed by atoms with E-state index in [-0.39, 0.29) is 18.0 Å². The van der Waals surface area contributed by atoms with E-state index in [4.69, 9.17) is 4.74 Å². The number of carbonyl (C=O) groups is 2. The van der Waals surface area contributed by atoms with Crippen LogP contribution < -0.4 is 5.32 Å². The van der Waals surface area contributed by atoms with Gasteiger partial charge in [0, 0.05) is 55.6 Å². The largest absolute Gasteiger partial charge is 0.444 e. The maximum atomic E-state index is 12.9. The van der Waals surface area contributed by atoms with E-state index in [1.54, 1.807) is 6.20 Å². The Hall–Kier alpha value is -2.52. The highest BCUT2D eigenvalue weighted by molar-refractivity contribution is 7.15. The summed E-state index contributed by atoms with van der Waals surface area (Å²) in [6, 6.07) is 4.16. The van der Waals surface area contributed by atoms with Crippen LogP contribution in [0.25, 0.3) is 0 Å². The van der Waals surface area contributed by atoms with Gasteiger partial charge >= 0.3 is 6.09 Å². The highest BCUT2D eigenvalue weighted by Gasteiger charge is 2.33. The Morgan fingerprint density at radius 1 is 1.22 bits per heavy atom. The number of nitrogens with one attached hydrogen (secondary N) is 1. The molecule has 1 unspecified atom stereocenters. The fraction of sp³-hybridized carbons (Fsp3) is 0.565. The summed E-state index contributed by atoms with van der Waals surface area (Å²) in [7, 11) is 0. The molecular formula is C23H33N5O3S. The van der Waals surface area contributed by atoms with Crippen LogP contribution in [0.1, 0.15) is 49.5 Å². The molecule has 32 heavy (non-hydrogen) atoms.